The number of aryl methyl sites for hydroxylation is 1. The molecule has 0 fully saturated rings. The van der Waals surface area contributed by atoms with Crippen LogP contribution < -0.4 is 10.2 Å². The minimum atomic E-state index is 0.532. The van der Waals surface area contributed by atoms with Crippen LogP contribution in [0.1, 0.15) is 33.5 Å². The molecule has 0 atom stereocenters. The van der Waals surface area contributed by atoms with Crippen LogP contribution in [0.2, 0.25) is 0 Å². The summed E-state index contributed by atoms with van der Waals surface area (Å²) < 4.78 is 5.30. The van der Waals surface area contributed by atoms with Crippen LogP contribution in [0, 0.1) is 18.8 Å². The first kappa shape index (κ1) is 22.5. The van der Waals surface area contributed by atoms with Crippen molar-refractivity contribution in [2.45, 2.75) is 34.6 Å². The molecule has 4 aromatic rings. The molecular weight excluding hydrogens is 414 g/mol. The summed E-state index contributed by atoms with van der Waals surface area (Å²) >= 11 is 0. The molecule has 0 saturated carbocycles. The maximum atomic E-state index is 5.30. The van der Waals surface area contributed by atoms with E-state index < -0.39 is 0 Å². The standard InChI is InChI=1S/C25H31N7O/c1-16(2)14-32(15-17(3)4)23-11-10-19(13-22(23)26-24-12-18(5)33-29-24)20-8-6-7-9-21(20)25-27-30-31-28-25/h6-13,16-17H,14-15H2,1-5H3,(H,26,29)(H,27,28,30,31). The highest BCUT2D eigenvalue weighted by Gasteiger charge is 2.18. The number of aromatic amines is 1. The van der Waals surface area contributed by atoms with Crippen LogP contribution >= 0.6 is 0 Å². The summed E-state index contributed by atoms with van der Waals surface area (Å²) in [6.07, 6.45) is 0. The predicted octanol–water partition coefficient (Wildman–Crippen LogP) is 5.69. The summed E-state index contributed by atoms with van der Waals surface area (Å²) in [6, 6.07) is 16.5. The van der Waals surface area contributed by atoms with Gasteiger partial charge in [0.2, 0.25) is 5.82 Å². The van der Waals surface area contributed by atoms with Crippen molar-refractivity contribution in [3.8, 4) is 22.5 Å². The highest BCUT2D eigenvalue weighted by molar-refractivity contribution is 5.86. The summed E-state index contributed by atoms with van der Waals surface area (Å²) in [4.78, 5) is 2.44. The first-order chi connectivity index (χ1) is 15.9. The molecule has 0 amide bonds. The number of nitrogens with zero attached hydrogens (tertiary/aromatic N) is 5. The Bertz CT molecular complexity index is 1170. The van der Waals surface area contributed by atoms with E-state index in [4.69, 9.17) is 4.52 Å². The largest absolute Gasteiger partial charge is 0.369 e. The maximum Gasteiger partial charge on any atom is 0.205 e. The minimum absolute atomic E-state index is 0.532. The Morgan fingerprint density at radius 1 is 0.970 bits per heavy atom. The van der Waals surface area contributed by atoms with Crippen LogP contribution in [0.25, 0.3) is 22.5 Å². The molecule has 33 heavy (non-hydrogen) atoms. The molecule has 0 aliphatic heterocycles. The fourth-order valence-corrected chi connectivity index (χ4v) is 4.00. The fraction of sp³-hybridized carbons (Fsp3) is 0.360. The number of hydrogen-bond acceptors (Lipinski definition) is 7. The van der Waals surface area contributed by atoms with E-state index in [1.165, 1.54) is 0 Å². The molecule has 2 aromatic heterocycles. The molecule has 0 bridgehead atoms. The van der Waals surface area contributed by atoms with Crippen LogP contribution in [0.4, 0.5) is 17.2 Å². The van der Waals surface area contributed by atoms with Gasteiger partial charge in [0.25, 0.3) is 0 Å². The highest BCUT2D eigenvalue weighted by Crippen LogP contribution is 2.37. The molecule has 2 N–H and O–H groups in total. The van der Waals surface area contributed by atoms with Crippen LogP contribution in [-0.4, -0.2) is 38.9 Å². The zero-order valence-corrected chi connectivity index (χ0v) is 19.8. The second kappa shape index (κ2) is 9.85. The van der Waals surface area contributed by atoms with Gasteiger partial charge in [-0.15, -0.1) is 10.2 Å². The third-order valence-corrected chi connectivity index (χ3v) is 5.22. The van der Waals surface area contributed by atoms with Crippen LogP contribution in [-0.2, 0) is 0 Å². The van der Waals surface area contributed by atoms with Crippen LogP contribution in [0.3, 0.4) is 0 Å². The maximum absolute atomic E-state index is 5.30. The number of benzene rings is 2. The van der Waals surface area contributed by atoms with Gasteiger partial charge in [0.15, 0.2) is 5.82 Å². The molecule has 0 spiro atoms. The Hall–Kier alpha value is -3.68. The number of hydrogen-bond donors (Lipinski definition) is 2. The Balaban J connectivity index is 1.81. The molecule has 2 heterocycles. The monoisotopic (exact) mass is 445 g/mol. The summed E-state index contributed by atoms with van der Waals surface area (Å²) in [6.45, 7) is 12.8. The smallest absolute Gasteiger partial charge is 0.205 e. The van der Waals surface area contributed by atoms with Crippen LogP contribution in [0.5, 0.6) is 0 Å². The Labute approximate surface area is 194 Å². The quantitative estimate of drug-likeness (QED) is 0.341. The SMILES string of the molecule is Cc1cc(Nc2cc(-c3ccccc3-c3nn[nH]n3)ccc2N(CC(C)C)CC(C)C)no1. The number of aromatic nitrogens is 5. The van der Waals surface area contributed by atoms with Gasteiger partial charge in [0.05, 0.1) is 11.4 Å². The van der Waals surface area contributed by atoms with E-state index in [0.717, 1.165) is 46.9 Å². The topological polar surface area (TPSA) is 95.8 Å². The molecule has 0 unspecified atom stereocenters. The predicted molar refractivity (Wildman–Crippen MR) is 131 cm³/mol. The van der Waals surface area contributed by atoms with Crippen molar-refractivity contribution in [3.63, 3.8) is 0 Å². The molecule has 2 aromatic carbocycles. The summed E-state index contributed by atoms with van der Waals surface area (Å²) in [5, 5.41) is 22.3. The van der Waals surface area contributed by atoms with Crippen molar-refractivity contribution in [2.24, 2.45) is 11.8 Å². The molecule has 0 aliphatic carbocycles. The number of H-pyrrole nitrogens is 1. The molecule has 0 aliphatic rings. The molecule has 8 nitrogen and oxygen atoms in total. The Kier molecular flexibility index (Phi) is 6.72. The number of anilines is 3. The molecule has 0 radical (unpaired) electrons. The average Bonchev–Trinajstić information content (AvgIpc) is 3.45. The van der Waals surface area contributed by atoms with E-state index >= 15 is 0 Å². The lowest BCUT2D eigenvalue weighted by molar-refractivity contribution is 0.400. The van der Waals surface area contributed by atoms with Gasteiger partial charge in [0, 0.05) is 24.7 Å². The minimum Gasteiger partial charge on any atom is -0.369 e. The van der Waals surface area contributed by atoms with E-state index in [2.05, 4.69) is 88.0 Å². The van der Waals surface area contributed by atoms with Gasteiger partial charge in [-0.25, -0.2) is 0 Å². The van der Waals surface area contributed by atoms with Crippen molar-refractivity contribution in [1.82, 2.24) is 25.8 Å². The molecule has 4 rings (SSSR count). The van der Waals surface area contributed by atoms with Gasteiger partial charge in [-0.05, 0) is 47.2 Å². The summed E-state index contributed by atoms with van der Waals surface area (Å²) in [5.74, 6) is 3.08. The van der Waals surface area contributed by atoms with Crippen molar-refractivity contribution in [2.75, 3.05) is 23.3 Å². The van der Waals surface area contributed by atoms with E-state index in [0.29, 0.717) is 23.5 Å². The van der Waals surface area contributed by atoms with Gasteiger partial charge in [0.1, 0.15) is 5.76 Å². The average molecular weight is 446 g/mol. The van der Waals surface area contributed by atoms with Gasteiger partial charge >= 0.3 is 0 Å². The first-order valence-electron chi connectivity index (χ1n) is 11.3. The zero-order chi connectivity index (χ0) is 23.4. The lowest BCUT2D eigenvalue weighted by Crippen LogP contribution is -2.31. The molecular formula is C25H31N7O. The van der Waals surface area contributed by atoms with Gasteiger partial charge in [-0.1, -0.05) is 63.2 Å². The Morgan fingerprint density at radius 3 is 2.30 bits per heavy atom. The normalized spacial score (nSPS) is 11.4. The van der Waals surface area contributed by atoms with Crippen molar-refractivity contribution in [3.05, 3.63) is 54.3 Å². The molecule has 0 saturated heterocycles. The van der Waals surface area contributed by atoms with Crippen molar-refractivity contribution in [1.29, 1.82) is 0 Å². The molecule has 8 heteroatoms. The Morgan fingerprint density at radius 2 is 1.70 bits per heavy atom. The lowest BCUT2D eigenvalue weighted by Gasteiger charge is -2.30. The summed E-state index contributed by atoms with van der Waals surface area (Å²) in [5.41, 5.74) is 5.12. The highest BCUT2D eigenvalue weighted by atomic mass is 16.5. The lowest BCUT2D eigenvalue weighted by atomic mass is 9.97. The fourth-order valence-electron chi connectivity index (χ4n) is 4.00. The summed E-state index contributed by atoms with van der Waals surface area (Å²) in [7, 11) is 0. The van der Waals surface area contributed by atoms with Crippen LogP contribution in [0.15, 0.2) is 53.1 Å². The van der Waals surface area contributed by atoms with Gasteiger partial charge in [-0.3, -0.25) is 0 Å². The van der Waals surface area contributed by atoms with Crippen molar-refractivity contribution < 1.29 is 4.52 Å². The number of rotatable bonds is 9. The second-order valence-corrected chi connectivity index (χ2v) is 9.15. The van der Waals surface area contributed by atoms with E-state index in [-0.39, 0.29) is 0 Å². The van der Waals surface area contributed by atoms with Gasteiger partial charge in [-0.2, -0.15) is 5.21 Å². The number of tetrazole rings is 1. The van der Waals surface area contributed by atoms with Gasteiger partial charge < -0.3 is 14.7 Å². The van der Waals surface area contributed by atoms with E-state index in [1.807, 2.05) is 31.2 Å². The number of nitrogens with one attached hydrogen (secondary N) is 2. The first-order valence-corrected chi connectivity index (χ1v) is 11.3. The third-order valence-electron chi connectivity index (χ3n) is 5.22. The van der Waals surface area contributed by atoms with E-state index in [9.17, 15) is 0 Å². The second-order valence-electron chi connectivity index (χ2n) is 9.15. The van der Waals surface area contributed by atoms with E-state index in [1.54, 1.807) is 0 Å². The van der Waals surface area contributed by atoms with Crippen molar-refractivity contribution >= 4 is 17.2 Å². The zero-order valence-electron chi connectivity index (χ0n) is 19.8. The third kappa shape index (κ3) is 5.39. The molecule has 172 valence electrons.